The molecule has 3 rings (SSSR count). The summed E-state index contributed by atoms with van der Waals surface area (Å²) in [5.41, 5.74) is 1.69. The Bertz CT molecular complexity index is 843. The highest BCUT2D eigenvalue weighted by atomic mass is 127. The van der Waals surface area contributed by atoms with Crippen molar-refractivity contribution in [1.82, 2.24) is 0 Å². The van der Waals surface area contributed by atoms with Crippen LogP contribution in [-0.4, -0.2) is 0 Å². The lowest BCUT2D eigenvalue weighted by atomic mass is 10.0. The summed E-state index contributed by atoms with van der Waals surface area (Å²) in [5, 5.41) is 0. The third-order valence-electron chi connectivity index (χ3n) is 3.71. The van der Waals surface area contributed by atoms with Crippen LogP contribution < -0.4 is 4.74 Å². The molecule has 3 aromatic carbocycles. The molecule has 128 valence electrons. The standard InChI is InChI=1S/C20H14F3IO/c21-20(22,23)16-8-11-19(24)18(12-16)15-6-9-17(10-7-15)25-13-14-4-2-1-3-5-14/h1-12H,13H2. The minimum absolute atomic E-state index is 0.446. The van der Waals surface area contributed by atoms with Crippen molar-refractivity contribution in [1.29, 1.82) is 0 Å². The smallest absolute Gasteiger partial charge is 0.416 e. The number of hydrogen-bond donors (Lipinski definition) is 0. The van der Waals surface area contributed by atoms with Crippen molar-refractivity contribution in [2.75, 3.05) is 0 Å². The molecule has 0 aliphatic rings. The molecule has 25 heavy (non-hydrogen) atoms. The molecular formula is C20H14F3IO. The summed E-state index contributed by atoms with van der Waals surface area (Å²) >= 11 is 2.04. The number of ether oxygens (including phenoxy) is 1. The van der Waals surface area contributed by atoms with Gasteiger partial charge in [-0.2, -0.15) is 13.2 Å². The molecule has 1 nitrogen and oxygen atoms in total. The van der Waals surface area contributed by atoms with Gasteiger partial charge in [-0.3, -0.25) is 0 Å². The van der Waals surface area contributed by atoms with Crippen LogP contribution in [0, 0.1) is 3.57 Å². The summed E-state index contributed by atoms with van der Waals surface area (Å²) in [7, 11) is 0. The van der Waals surface area contributed by atoms with Crippen molar-refractivity contribution in [2.45, 2.75) is 12.8 Å². The van der Waals surface area contributed by atoms with Crippen LogP contribution >= 0.6 is 22.6 Å². The van der Waals surface area contributed by atoms with Crippen LogP contribution in [0.5, 0.6) is 5.75 Å². The maximum atomic E-state index is 12.9. The van der Waals surface area contributed by atoms with Gasteiger partial charge in [0.25, 0.3) is 0 Å². The van der Waals surface area contributed by atoms with Crippen molar-refractivity contribution in [3.63, 3.8) is 0 Å². The minimum atomic E-state index is -4.35. The largest absolute Gasteiger partial charge is 0.489 e. The van der Waals surface area contributed by atoms with Crippen molar-refractivity contribution >= 4 is 22.6 Å². The fourth-order valence-corrected chi connectivity index (χ4v) is 3.04. The maximum Gasteiger partial charge on any atom is 0.416 e. The van der Waals surface area contributed by atoms with Crippen LogP contribution in [0.3, 0.4) is 0 Å². The molecule has 0 aromatic heterocycles. The van der Waals surface area contributed by atoms with Crippen molar-refractivity contribution in [3.05, 3.63) is 87.5 Å². The van der Waals surface area contributed by atoms with Crippen molar-refractivity contribution in [3.8, 4) is 16.9 Å². The first-order valence-electron chi connectivity index (χ1n) is 7.57. The van der Waals surface area contributed by atoms with Crippen LogP contribution in [0.15, 0.2) is 72.8 Å². The zero-order valence-electron chi connectivity index (χ0n) is 13.1. The molecule has 0 N–H and O–H groups in total. The van der Waals surface area contributed by atoms with Crippen LogP contribution in [0.1, 0.15) is 11.1 Å². The predicted molar refractivity (Wildman–Crippen MR) is 100 cm³/mol. The van der Waals surface area contributed by atoms with Crippen LogP contribution in [0.25, 0.3) is 11.1 Å². The molecule has 0 saturated heterocycles. The summed E-state index contributed by atoms with van der Waals surface area (Å²) in [5.74, 6) is 0.676. The Hall–Kier alpha value is -2.02. The molecule has 0 saturated carbocycles. The lowest BCUT2D eigenvalue weighted by Gasteiger charge is -2.12. The van der Waals surface area contributed by atoms with Gasteiger partial charge in [0.2, 0.25) is 0 Å². The molecule has 0 spiro atoms. The Morgan fingerprint density at radius 3 is 2.16 bits per heavy atom. The third-order valence-corrected chi connectivity index (χ3v) is 4.65. The first-order chi connectivity index (χ1) is 11.9. The predicted octanol–water partition coefficient (Wildman–Crippen LogP) is 6.56. The fourth-order valence-electron chi connectivity index (χ4n) is 2.39. The molecule has 0 unspecified atom stereocenters. The number of hydrogen-bond acceptors (Lipinski definition) is 1. The maximum absolute atomic E-state index is 12.9. The van der Waals surface area contributed by atoms with Gasteiger partial charge in [0.15, 0.2) is 0 Å². The van der Waals surface area contributed by atoms with Gasteiger partial charge < -0.3 is 4.74 Å². The molecule has 3 aromatic rings. The van der Waals surface area contributed by atoms with E-state index >= 15 is 0 Å². The van der Waals surface area contributed by atoms with Gasteiger partial charge in [-0.1, -0.05) is 42.5 Å². The lowest BCUT2D eigenvalue weighted by Crippen LogP contribution is -2.05. The molecule has 0 atom stereocenters. The number of rotatable bonds is 4. The summed E-state index contributed by atoms with van der Waals surface area (Å²) in [6.45, 7) is 0.446. The van der Waals surface area contributed by atoms with Gasteiger partial charge in [0, 0.05) is 3.57 Å². The zero-order valence-corrected chi connectivity index (χ0v) is 15.2. The normalized spacial score (nSPS) is 11.4. The Morgan fingerprint density at radius 2 is 1.52 bits per heavy atom. The second kappa shape index (κ2) is 7.47. The second-order valence-electron chi connectivity index (χ2n) is 5.49. The van der Waals surface area contributed by atoms with Gasteiger partial charge in [-0.25, -0.2) is 0 Å². The van der Waals surface area contributed by atoms with E-state index in [0.29, 0.717) is 17.9 Å². The Labute approximate surface area is 157 Å². The van der Waals surface area contributed by atoms with E-state index in [4.69, 9.17) is 4.74 Å². The Morgan fingerprint density at radius 1 is 0.840 bits per heavy atom. The quantitative estimate of drug-likeness (QED) is 0.406. The van der Waals surface area contributed by atoms with Crippen molar-refractivity contribution in [2.24, 2.45) is 0 Å². The molecule has 0 amide bonds. The first-order valence-corrected chi connectivity index (χ1v) is 8.65. The minimum Gasteiger partial charge on any atom is -0.489 e. The van der Waals surface area contributed by atoms with E-state index in [-0.39, 0.29) is 0 Å². The number of benzene rings is 3. The van der Waals surface area contributed by atoms with E-state index in [9.17, 15) is 13.2 Å². The molecule has 0 bridgehead atoms. The molecule has 0 aliphatic heterocycles. The van der Waals surface area contributed by atoms with Gasteiger partial charge >= 0.3 is 6.18 Å². The second-order valence-corrected chi connectivity index (χ2v) is 6.65. The molecule has 5 heteroatoms. The van der Waals surface area contributed by atoms with Gasteiger partial charge in [-0.15, -0.1) is 0 Å². The Balaban J connectivity index is 1.78. The molecule has 0 fully saturated rings. The lowest BCUT2D eigenvalue weighted by molar-refractivity contribution is -0.137. The van der Waals surface area contributed by atoms with Crippen LogP contribution in [0.2, 0.25) is 0 Å². The van der Waals surface area contributed by atoms with Gasteiger partial charge in [0.05, 0.1) is 5.56 Å². The monoisotopic (exact) mass is 454 g/mol. The highest BCUT2D eigenvalue weighted by molar-refractivity contribution is 14.1. The molecule has 0 radical (unpaired) electrons. The summed E-state index contributed by atoms with van der Waals surface area (Å²) in [4.78, 5) is 0. The van der Waals surface area contributed by atoms with Gasteiger partial charge in [-0.05, 0) is 69.6 Å². The molecule has 0 aliphatic carbocycles. The molecule has 0 heterocycles. The van der Waals surface area contributed by atoms with E-state index in [2.05, 4.69) is 0 Å². The van der Waals surface area contributed by atoms with E-state index in [1.807, 2.05) is 52.9 Å². The number of alkyl halides is 3. The first kappa shape index (κ1) is 17.8. The average Bonchev–Trinajstić information content (AvgIpc) is 2.61. The van der Waals surface area contributed by atoms with E-state index in [0.717, 1.165) is 20.8 Å². The fraction of sp³-hybridized carbons (Fsp3) is 0.100. The van der Waals surface area contributed by atoms with E-state index < -0.39 is 11.7 Å². The van der Waals surface area contributed by atoms with Crippen molar-refractivity contribution < 1.29 is 17.9 Å². The van der Waals surface area contributed by atoms with E-state index in [1.165, 1.54) is 12.1 Å². The highest BCUT2D eigenvalue weighted by Gasteiger charge is 2.30. The third kappa shape index (κ3) is 4.54. The number of halogens is 4. The topological polar surface area (TPSA) is 9.23 Å². The Kier molecular flexibility index (Phi) is 5.32. The zero-order chi connectivity index (χ0) is 17.9. The van der Waals surface area contributed by atoms with E-state index in [1.54, 1.807) is 24.3 Å². The SMILES string of the molecule is FC(F)(F)c1ccc(I)c(-c2ccc(OCc3ccccc3)cc2)c1. The average molecular weight is 454 g/mol. The molecular weight excluding hydrogens is 440 g/mol. The summed E-state index contributed by atoms with van der Waals surface area (Å²) < 4.78 is 45.2. The summed E-state index contributed by atoms with van der Waals surface area (Å²) in [6.07, 6.45) is -4.35. The van der Waals surface area contributed by atoms with Gasteiger partial charge in [0.1, 0.15) is 12.4 Å². The van der Waals surface area contributed by atoms with Crippen LogP contribution in [-0.2, 0) is 12.8 Å². The highest BCUT2D eigenvalue weighted by Crippen LogP contribution is 2.35. The van der Waals surface area contributed by atoms with Crippen LogP contribution in [0.4, 0.5) is 13.2 Å². The summed E-state index contributed by atoms with van der Waals surface area (Å²) in [6, 6.07) is 20.6.